The SMILES string of the molecule is COC(=O)CCSC(C)C(=O)c1cccc(Cl)c1. The van der Waals surface area contributed by atoms with Gasteiger partial charge in [0.05, 0.1) is 18.8 Å². The number of hydrogen-bond donors (Lipinski definition) is 0. The first kappa shape index (κ1) is 15.1. The van der Waals surface area contributed by atoms with Crippen LogP contribution in [0.5, 0.6) is 0 Å². The normalized spacial score (nSPS) is 11.9. The van der Waals surface area contributed by atoms with Crippen LogP contribution in [0.1, 0.15) is 23.7 Å². The van der Waals surface area contributed by atoms with Crippen LogP contribution in [0.2, 0.25) is 5.02 Å². The summed E-state index contributed by atoms with van der Waals surface area (Å²) in [7, 11) is 1.35. The van der Waals surface area contributed by atoms with Crippen LogP contribution < -0.4 is 0 Å². The number of halogens is 1. The summed E-state index contributed by atoms with van der Waals surface area (Å²) in [5.41, 5.74) is 0.598. The molecule has 18 heavy (non-hydrogen) atoms. The average molecular weight is 287 g/mol. The van der Waals surface area contributed by atoms with Crippen molar-refractivity contribution in [2.24, 2.45) is 0 Å². The van der Waals surface area contributed by atoms with Gasteiger partial charge in [0.1, 0.15) is 0 Å². The van der Waals surface area contributed by atoms with Gasteiger partial charge in [-0.2, -0.15) is 0 Å². The van der Waals surface area contributed by atoms with Crippen molar-refractivity contribution in [2.75, 3.05) is 12.9 Å². The number of thioether (sulfide) groups is 1. The van der Waals surface area contributed by atoms with Gasteiger partial charge in [0.25, 0.3) is 0 Å². The molecule has 0 aliphatic carbocycles. The van der Waals surface area contributed by atoms with Gasteiger partial charge >= 0.3 is 5.97 Å². The van der Waals surface area contributed by atoms with Crippen molar-refractivity contribution in [1.29, 1.82) is 0 Å². The molecule has 0 N–H and O–H groups in total. The molecule has 1 atom stereocenters. The molecule has 0 amide bonds. The van der Waals surface area contributed by atoms with Gasteiger partial charge in [-0.1, -0.05) is 23.7 Å². The summed E-state index contributed by atoms with van der Waals surface area (Å²) in [6, 6.07) is 6.88. The average Bonchev–Trinajstić information content (AvgIpc) is 2.37. The van der Waals surface area contributed by atoms with E-state index in [0.717, 1.165) is 0 Å². The lowest BCUT2D eigenvalue weighted by molar-refractivity contribution is -0.140. The van der Waals surface area contributed by atoms with Crippen LogP contribution in [-0.4, -0.2) is 29.9 Å². The molecule has 1 aromatic carbocycles. The van der Waals surface area contributed by atoms with Crippen LogP contribution >= 0.6 is 23.4 Å². The van der Waals surface area contributed by atoms with Crippen molar-refractivity contribution < 1.29 is 14.3 Å². The fraction of sp³-hybridized carbons (Fsp3) is 0.385. The lowest BCUT2D eigenvalue weighted by Gasteiger charge is -2.10. The lowest BCUT2D eigenvalue weighted by Crippen LogP contribution is -2.15. The predicted octanol–water partition coefficient (Wildman–Crippen LogP) is 3.21. The topological polar surface area (TPSA) is 43.4 Å². The van der Waals surface area contributed by atoms with Gasteiger partial charge in [-0.15, -0.1) is 11.8 Å². The Labute approximate surface area is 116 Å². The number of esters is 1. The van der Waals surface area contributed by atoms with Gasteiger partial charge in [0, 0.05) is 16.3 Å². The van der Waals surface area contributed by atoms with Crippen molar-refractivity contribution in [3.63, 3.8) is 0 Å². The summed E-state index contributed by atoms with van der Waals surface area (Å²) < 4.78 is 4.54. The summed E-state index contributed by atoms with van der Waals surface area (Å²) in [4.78, 5) is 23.0. The van der Waals surface area contributed by atoms with Gasteiger partial charge in [0.2, 0.25) is 0 Å². The monoisotopic (exact) mass is 286 g/mol. The molecule has 0 saturated heterocycles. The molecule has 1 aromatic rings. The minimum absolute atomic E-state index is 0.0207. The molecule has 0 saturated carbocycles. The smallest absolute Gasteiger partial charge is 0.306 e. The van der Waals surface area contributed by atoms with Crippen molar-refractivity contribution in [3.8, 4) is 0 Å². The highest BCUT2D eigenvalue weighted by atomic mass is 35.5. The summed E-state index contributed by atoms with van der Waals surface area (Å²) in [5, 5.41) is 0.348. The Kier molecular flexibility index (Phi) is 6.22. The molecular formula is C13H15ClO3S. The van der Waals surface area contributed by atoms with Crippen molar-refractivity contribution >= 4 is 35.1 Å². The second-order valence-electron chi connectivity index (χ2n) is 3.71. The number of ketones is 1. The van der Waals surface area contributed by atoms with Crippen molar-refractivity contribution in [1.82, 2.24) is 0 Å². The highest BCUT2D eigenvalue weighted by molar-refractivity contribution is 8.00. The Hall–Kier alpha value is -1.00. The Balaban J connectivity index is 2.49. The maximum absolute atomic E-state index is 12.0. The van der Waals surface area contributed by atoms with Crippen LogP contribution in [0.25, 0.3) is 0 Å². The fourth-order valence-electron chi connectivity index (χ4n) is 1.37. The third kappa shape index (κ3) is 4.70. The van der Waals surface area contributed by atoms with Crippen LogP contribution in [0.15, 0.2) is 24.3 Å². The number of ether oxygens (including phenoxy) is 1. The Morgan fingerprint density at radius 3 is 2.78 bits per heavy atom. The molecule has 3 nitrogen and oxygen atoms in total. The van der Waals surface area contributed by atoms with Gasteiger partial charge in [-0.05, 0) is 19.1 Å². The quantitative estimate of drug-likeness (QED) is 0.595. The molecule has 0 aliphatic heterocycles. The second kappa shape index (κ2) is 7.44. The minimum Gasteiger partial charge on any atom is -0.469 e. The summed E-state index contributed by atoms with van der Waals surface area (Å²) in [5.74, 6) is 0.331. The fourth-order valence-corrected chi connectivity index (χ4v) is 2.49. The number of hydrogen-bond acceptors (Lipinski definition) is 4. The molecule has 0 fully saturated rings. The molecule has 0 radical (unpaired) electrons. The van der Waals surface area contributed by atoms with Gasteiger partial charge < -0.3 is 4.74 Å². The molecule has 0 aromatic heterocycles. The largest absolute Gasteiger partial charge is 0.469 e. The summed E-state index contributed by atoms with van der Waals surface area (Å²) in [6.07, 6.45) is 0.314. The minimum atomic E-state index is -0.259. The first-order chi connectivity index (χ1) is 8.54. The highest BCUT2D eigenvalue weighted by Gasteiger charge is 2.16. The van der Waals surface area contributed by atoms with E-state index in [-0.39, 0.29) is 17.0 Å². The van der Waals surface area contributed by atoms with Crippen LogP contribution in [-0.2, 0) is 9.53 Å². The number of Topliss-reactive ketones (excluding diaryl/α,β-unsaturated/α-hetero) is 1. The molecule has 0 heterocycles. The van der Waals surface area contributed by atoms with E-state index in [0.29, 0.717) is 22.8 Å². The zero-order chi connectivity index (χ0) is 13.5. The van der Waals surface area contributed by atoms with Crippen LogP contribution in [0.3, 0.4) is 0 Å². The summed E-state index contributed by atoms with van der Waals surface area (Å²) in [6.45, 7) is 1.82. The maximum atomic E-state index is 12.0. The third-order valence-corrected chi connectivity index (χ3v) is 3.77. The van der Waals surface area contributed by atoms with Crippen molar-refractivity contribution in [2.45, 2.75) is 18.6 Å². The molecule has 1 unspecified atom stereocenters. The number of rotatable bonds is 6. The third-order valence-electron chi connectivity index (χ3n) is 2.38. The standard InChI is InChI=1S/C13H15ClO3S/c1-9(18-7-6-12(15)17-2)13(16)10-4-3-5-11(14)8-10/h3-5,8-9H,6-7H2,1-2H3. The second-order valence-corrected chi connectivity index (χ2v) is 5.60. The molecular weight excluding hydrogens is 272 g/mol. The van der Waals surface area contributed by atoms with E-state index < -0.39 is 0 Å². The van der Waals surface area contributed by atoms with E-state index in [1.165, 1.54) is 18.9 Å². The van der Waals surface area contributed by atoms with Gasteiger partial charge in [-0.3, -0.25) is 9.59 Å². The van der Waals surface area contributed by atoms with E-state index in [2.05, 4.69) is 4.74 Å². The first-order valence-corrected chi connectivity index (χ1v) is 6.95. The summed E-state index contributed by atoms with van der Waals surface area (Å²) >= 11 is 7.27. The van der Waals surface area contributed by atoms with E-state index >= 15 is 0 Å². The van der Waals surface area contributed by atoms with E-state index in [1.807, 2.05) is 6.92 Å². The Morgan fingerprint density at radius 1 is 1.44 bits per heavy atom. The van der Waals surface area contributed by atoms with Gasteiger partial charge in [0.15, 0.2) is 5.78 Å². The molecule has 5 heteroatoms. The highest BCUT2D eigenvalue weighted by Crippen LogP contribution is 2.19. The van der Waals surface area contributed by atoms with Crippen LogP contribution in [0.4, 0.5) is 0 Å². The number of methoxy groups -OCH3 is 1. The number of carbonyl (C=O) groups is 2. The predicted molar refractivity (Wildman–Crippen MR) is 74.3 cm³/mol. The zero-order valence-electron chi connectivity index (χ0n) is 10.3. The molecule has 1 rings (SSSR count). The number of carbonyl (C=O) groups excluding carboxylic acids is 2. The molecule has 0 spiro atoms. The van der Waals surface area contributed by atoms with Crippen molar-refractivity contribution in [3.05, 3.63) is 34.9 Å². The molecule has 0 aliphatic rings. The lowest BCUT2D eigenvalue weighted by atomic mass is 10.1. The van der Waals surface area contributed by atoms with E-state index in [9.17, 15) is 9.59 Å². The van der Waals surface area contributed by atoms with Crippen LogP contribution in [0, 0.1) is 0 Å². The molecule has 98 valence electrons. The van der Waals surface area contributed by atoms with E-state index in [1.54, 1.807) is 24.3 Å². The maximum Gasteiger partial charge on any atom is 0.306 e. The van der Waals surface area contributed by atoms with Gasteiger partial charge in [-0.25, -0.2) is 0 Å². The Morgan fingerprint density at radius 2 is 2.17 bits per heavy atom. The number of benzene rings is 1. The first-order valence-electron chi connectivity index (χ1n) is 5.52. The van der Waals surface area contributed by atoms with E-state index in [4.69, 9.17) is 11.6 Å². The Bertz CT molecular complexity index is 434. The zero-order valence-corrected chi connectivity index (χ0v) is 11.9. The molecule has 0 bridgehead atoms.